The van der Waals surface area contributed by atoms with Crippen molar-refractivity contribution in [3.05, 3.63) is 26.7 Å². The molecule has 7 heteroatoms. The first-order valence-electron chi connectivity index (χ1n) is 5.75. The van der Waals surface area contributed by atoms with Gasteiger partial charge in [0.15, 0.2) is 4.34 Å². The Morgan fingerprint density at radius 2 is 2.21 bits per heavy atom. The minimum absolute atomic E-state index is 0.323. The van der Waals surface area contributed by atoms with Crippen molar-refractivity contribution in [1.82, 2.24) is 9.97 Å². The molecule has 0 unspecified atom stereocenters. The molecule has 0 amide bonds. The van der Waals surface area contributed by atoms with E-state index in [1.165, 1.54) is 23.1 Å². The molecule has 0 saturated heterocycles. The SMILES string of the molecule is Cc1nc(SCc2csc(C(C)C)n2)sc1C(=O)O. The van der Waals surface area contributed by atoms with Gasteiger partial charge in [-0.2, -0.15) is 0 Å². The van der Waals surface area contributed by atoms with Gasteiger partial charge in [-0.15, -0.1) is 22.7 Å². The van der Waals surface area contributed by atoms with E-state index in [0.717, 1.165) is 20.8 Å². The highest BCUT2D eigenvalue weighted by Crippen LogP contribution is 2.30. The van der Waals surface area contributed by atoms with E-state index >= 15 is 0 Å². The van der Waals surface area contributed by atoms with Crippen molar-refractivity contribution < 1.29 is 9.90 Å². The largest absolute Gasteiger partial charge is 0.477 e. The molecular weight excluding hydrogens is 300 g/mol. The number of aromatic nitrogens is 2. The van der Waals surface area contributed by atoms with Gasteiger partial charge in [-0.05, 0) is 6.92 Å². The van der Waals surface area contributed by atoms with Crippen LogP contribution in [0.15, 0.2) is 9.72 Å². The lowest BCUT2D eigenvalue weighted by atomic mass is 10.2. The molecule has 0 radical (unpaired) electrons. The van der Waals surface area contributed by atoms with Crippen LogP contribution in [-0.4, -0.2) is 21.0 Å². The van der Waals surface area contributed by atoms with Crippen LogP contribution in [0.25, 0.3) is 0 Å². The fourth-order valence-corrected chi connectivity index (χ4v) is 4.28. The number of rotatable bonds is 5. The third-order valence-corrected chi connectivity index (χ3v) is 5.89. The molecule has 0 spiro atoms. The Bertz CT molecular complexity index is 590. The van der Waals surface area contributed by atoms with E-state index in [-0.39, 0.29) is 0 Å². The zero-order chi connectivity index (χ0) is 14.0. The summed E-state index contributed by atoms with van der Waals surface area (Å²) in [6.07, 6.45) is 0. The number of hydrogen-bond acceptors (Lipinski definition) is 6. The van der Waals surface area contributed by atoms with Gasteiger partial charge >= 0.3 is 5.97 Å². The Kier molecular flexibility index (Phi) is 4.59. The summed E-state index contributed by atoms with van der Waals surface area (Å²) < 4.78 is 0.786. The molecule has 0 aromatic carbocycles. The van der Waals surface area contributed by atoms with Crippen LogP contribution in [0.3, 0.4) is 0 Å². The predicted octanol–water partition coefficient (Wildman–Crippen LogP) is 4.02. The first-order chi connectivity index (χ1) is 8.97. The van der Waals surface area contributed by atoms with Crippen LogP contribution in [-0.2, 0) is 5.75 Å². The lowest BCUT2D eigenvalue weighted by Crippen LogP contribution is -1.94. The molecule has 19 heavy (non-hydrogen) atoms. The van der Waals surface area contributed by atoms with Crippen molar-refractivity contribution >= 4 is 40.4 Å². The van der Waals surface area contributed by atoms with Gasteiger partial charge in [0.2, 0.25) is 0 Å². The molecule has 0 aliphatic rings. The van der Waals surface area contributed by atoms with Crippen LogP contribution >= 0.6 is 34.4 Å². The molecule has 0 atom stereocenters. The second-order valence-corrected chi connectivity index (χ2v) is 7.43. The van der Waals surface area contributed by atoms with Crippen molar-refractivity contribution in [3.8, 4) is 0 Å². The molecule has 4 nitrogen and oxygen atoms in total. The minimum Gasteiger partial charge on any atom is -0.477 e. The van der Waals surface area contributed by atoms with E-state index in [0.29, 0.717) is 16.5 Å². The quantitative estimate of drug-likeness (QED) is 0.844. The molecule has 102 valence electrons. The van der Waals surface area contributed by atoms with Crippen LogP contribution < -0.4 is 0 Å². The highest BCUT2D eigenvalue weighted by Gasteiger charge is 2.14. The molecule has 0 aliphatic heterocycles. The number of carboxylic acid groups (broad SMARTS) is 1. The van der Waals surface area contributed by atoms with Crippen LogP contribution in [0.4, 0.5) is 0 Å². The van der Waals surface area contributed by atoms with E-state index in [1.54, 1.807) is 18.3 Å². The molecular formula is C12H14N2O2S3. The Morgan fingerprint density at radius 3 is 2.74 bits per heavy atom. The van der Waals surface area contributed by atoms with E-state index in [9.17, 15) is 4.79 Å². The fourth-order valence-electron chi connectivity index (χ4n) is 1.42. The van der Waals surface area contributed by atoms with Gasteiger partial charge in [-0.3, -0.25) is 0 Å². The second kappa shape index (κ2) is 6.02. The number of thiazole rings is 2. The van der Waals surface area contributed by atoms with Gasteiger partial charge in [0.1, 0.15) is 4.88 Å². The standard InChI is InChI=1S/C12H14N2O2S3/c1-6(2)10-14-8(4-17-10)5-18-12-13-7(3)9(19-12)11(15)16/h4,6H,5H2,1-3H3,(H,15,16). The maximum absolute atomic E-state index is 10.9. The molecule has 2 heterocycles. The van der Waals surface area contributed by atoms with Gasteiger partial charge < -0.3 is 5.11 Å². The third kappa shape index (κ3) is 3.55. The molecule has 0 saturated carbocycles. The number of carboxylic acids is 1. The summed E-state index contributed by atoms with van der Waals surface area (Å²) in [5, 5.41) is 12.2. The summed E-state index contributed by atoms with van der Waals surface area (Å²) in [4.78, 5) is 20.1. The first kappa shape index (κ1) is 14.5. The van der Waals surface area contributed by atoms with Crippen molar-refractivity contribution in [1.29, 1.82) is 0 Å². The topological polar surface area (TPSA) is 63.1 Å². The number of carbonyl (C=O) groups is 1. The van der Waals surface area contributed by atoms with Crippen LogP contribution in [0.2, 0.25) is 0 Å². The zero-order valence-corrected chi connectivity index (χ0v) is 13.3. The van der Waals surface area contributed by atoms with Crippen molar-refractivity contribution in [2.75, 3.05) is 0 Å². The van der Waals surface area contributed by atoms with Crippen molar-refractivity contribution in [3.63, 3.8) is 0 Å². The summed E-state index contributed by atoms with van der Waals surface area (Å²) in [5.41, 5.74) is 1.62. The van der Waals surface area contributed by atoms with E-state index in [2.05, 4.69) is 29.2 Å². The van der Waals surface area contributed by atoms with Crippen LogP contribution in [0.1, 0.15) is 45.8 Å². The molecule has 0 fully saturated rings. The third-order valence-electron chi connectivity index (χ3n) is 2.38. The average molecular weight is 314 g/mol. The van der Waals surface area contributed by atoms with E-state index < -0.39 is 5.97 Å². The van der Waals surface area contributed by atoms with E-state index in [1.807, 2.05) is 0 Å². The van der Waals surface area contributed by atoms with E-state index in [4.69, 9.17) is 5.11 Å². The summed E-state index contributed by atoms with van der Waals surface area (Å²) in [5.74, 6) is 0.275. The molecule has 1 N–H and O–H groups in total. The molecule has 0 bridgehead atoms. The van der Waals surface area contributed by atoms with Crippen molar-refractivity contribution in [2.45, 2.75) is 36.8 Å². The van der Waals surface area contributed by atoms with Gasteiger partial charge in [0.25, 0.3) is 0 Å². The van der Waals surface area contributed by atoms with Gasteiger partial charge in [-0.25, -0.2) is 14.8 Å². The van der Waals surface area contributed by atoms with Crippen molar-refractivity contribution in [2.24, 2.45) is 0 Å². The van der Waals surface area contributed by atoms with Gasteiger partial charge in [-0.1, -0.05) is 25.6 Å². The number of aromatic carboxylic acids is 1. The monoisotopic (exact) mass is 314 g/mol. The maximum Gasteiger partial charge on any atom is 0.347 e. The Labute approximate surface area is 123 Å². The summed E-state index contributed by atoms with van der Waals surface area (Å²) in [6, 6.07) is 0. The predicted molar refractivity (Wildman–Crippen MR) is 79.6 cm³/mol. The highest BCUT2D eigenvalue weighted by molar-refractivity contribution is 8.00. The molecule has 0 aliphatic carbocycles. The maximum atomic E-state index is 10.9. The molecule has 2 rings (SSSR count). The Morgan fingerprint density at radius 1 is 1.47 bits per heavy atom. The zero-order valence-electron chi connectivity index (χ0n) is 10.8. The lowest BCUT2D eigenvalue weighted by molar-refractivity contribution is 0.0701. The van der Waals surface area contributed by atoms with Crippen LogP contribution in [0, 0.1) is 6.92 Å². The number of thioether (sulfide) groups is 1. The molecule has 2 aromatic rings. The number of aryl methyl sites for hydroxylation is 1. The first-order valence-corrected chi connectivity index (χ1v) is 8.43. The number of nitrogens with zero attached hydrogens (tertiary/aromatic N) is 2. The Hall–Kier alpha value is -0.920. The summed E-state index contributed by atoms with van der Waals surface area (Å²) >= 11 is 4.44. The summed E-state index contributed by atoms with van der Waals surface area (Å²) in [7, 11) is 0. The highest BCUT2D eigenvalue weighted by atomic mass is 32.2. The number of hydrogen-bond donors (Lipinski definition) is 1. The normalized spacial score (nSPS) is 11.2. The average Bonchev–Trinajstić information content (AvgIpc) is 2.92. The summed E-state index contributed by atoms with van der Waals surface area (Å²) in [6.45, 7) is 5.97. The molecule has 2 aromatic heterocycles. The smallest absolute Gasteiger partial charge is 0.347 e. The second-order valence-electron chi connectivity index (χ2n) is 4.32. The fraction of sp³-hybridized carbons (Fsp3) is 0.417. The van der Waals surface area contributed by atoms with Crippen LogP contribution in [0.5, 0.6) is 0 Å². The Balaban J connectivity index is 2.02. The van der Waals surface area contributed by atoms with Gasteiger partial charge in [0.05, 0.1) is 16.4 Å². The lowest BCUT2D eigenvalue weighted by Gasteiger charge is -1.96. The minimum atomic E-state index is -0.905. The van der Waals surface area contributed by atoms with Gasteiger partial charge in [0, 0.05) is 17.1 Å².